The van der Waals surface area contributed by atoms with Crippen LogP contribution in [0.25, 0.3) is 0 Å². The largest absolute Gasteiger partial charge is 0.484 e. The first-order valence-electron chi connectivity index (χ1n) is 10.3. The molecule has 2 aromatic carbocycles. The Bertz CT molecular complexity index is 1020. The normalized spacial score (nSPS) is 16.7. The van der Waals surface area contributed by atoms with Crippen LogP contribution in [0.15, 0.2) is 59.5 Å². The number of carbonyl (C=O) groups is 2. The number of nitrogens with one attached hydrogen (secondary N) is 1. The highest BCUT2D eigenvalue weighted by molar-refractivity contribution is 7.89. The van der Waals surface area contributed by atoms with E-state index in [4.69, 9.17) is 4.74 Å². The molecule has 0 atom stereocenters. The van der Waals surface area contributed by atoms with Gasteiger partial charge in [0.15, 0.2) is 6.61 Å². The topological polar surface area (TPSA) is 96.0 Å². The van der Waals surface area contributed by atoms with E-state index in [1.54, 1.807) is 18.2 Å². The van der Waals surface area contributed by atoms with E-state index in [0.717, 1.165) is 0 Å². The number of hydrogen-bond acceptors (Lipinski definition) is 5. The van der Waals surface area contributed by atoms with Crippen LogP contribution in [0.5, 0.6) is 5.75 Å². The van der Waals surface area contributed by atoms with Crippen LogP contribution in [-0.2, 0) is 19.6 Å². The summed E-state index contributed by atoms with van der Waals surface area (Å²) in [5.41, 5.74) is 0. The number of rotatable bonds is 5. The number of halogens is 1. The van der Waals surface area contributed by atoms with E-state index < -0.39 is 15.8 Å². The summed E-state index contributed by atoms with van der Waals surface area (Å²) in [5, 5.41) is 2.72. The van der Waals surface area contributed by atoms with Gasteiger partial charge >= 0.3 is 0 Å². The minimum Gasteiger partial charge on any atom is -0.484 e. The maximum atomic E-state index is 13.0. The fraction of sp³-hybridized carbons (Fsp3) is 0.364. The summed E-state index contributed by atoms with van der Waals surface area (Å²) in [5.74, 6) is -0.622. The highest BCUT2D eigenvalue weighted by Crippen LogP contribution is 2.17. The number of hydrogen-bond donors (Lipinski definition) is 1. The minimum absolute atomic E-state index is 0.0354. The Hall–Kier alpha value is -2.98. The first kappa shape index (κ1) is 23.7. The SMILES string of the molecule is O=C1CCN(S(=O)(=O)c2ccccc2)CCCN(C(=O)COc2ccc(F)cc2)CCN1. The Morgan fingerprint density at radius 1 is 1.00 bits per heavy atom. The quantitative estimate of drug-likeness (QED) is 0.727. The van der Waals surface area contributed by atoms with Crippen LogP contribution in [-0.4, -0.2) is 68.8 Å². The Balaban J connectivity index is 1.65. The molecule has 1 saturated heterocycles. The summed E-state index contributed by atoms with van der Waals surface area (Å²) in [6, 6.07) is 13.4. The van der Waals surface area contributed by atoms with Crippen molar-refractivity contribution < 1.29 is 27.1 Å². The van der Waals surface area contributed by atoms with E-state index in [0.29, 0.717) is 18.7 Å². The molecule has 0 aromatic heterocycles. The molecule has 2 aromatic rings. The predicted octanol–water partition coefficient (Wildman–Crippen LogP) is 1.63. The van der Waals surface area contributed by atoms with Crippen LogP contribution >= 0.6 is 0 Å². The summed E-state index contributed by atoms with van der Waals surface area (Å²) in [7, 11) is -3.76. The summed E-state index contributed by atoms with van der Waals surface area (Å²) in [6.07, 6.45) is 0.441. The lowest BCUT2D eigenvalue weighted by Crippen LogP contribution is -2.41. The molecule has 0 saturated carbocycles. The van der Waals surface area contributed by atoms with Crippen molar-refractivity contribution in [2.45, 2.75) is 17.7 Å². The first-order valence-corrected chi connectivity index (χ1v) is 11.8. The standard InChI is InChI=1S/C22H26FN3O5S/c23-18-7-9-19(10-8-18)31-17-22(28)25-13-4-14-26(15-11-21(27)24-12-16-25)32(29,30)20-5-2-1-3-6-20/h1-3,5-10H,4,11-17H2,(H,24,27). The third-order valence-electron chi connectivity index (χ3n) is 5.04. The molecule has 10 heteroatoms. The van der Waals surface area contributed by atoms with Crippen molar-refractivity contribution in [2.24, 2.45) is 0 Å². The number of benzene rings is 2. The van der Waals surface area contributed by atoms with Crippen LogP contribution in [0.1, 0.15) is 12.8 Å². The van der Waals surface area contributed by atoms with Crippen molar-refractivity contribution in [2.75, 3.05) is 39.3 Å². The minimum atomic E-state index is -3.76. The van der Waals surface area contributed by atoms with Crippen molar-refractivity contribution in [3.05, 3.63) is 60.4 Å². The number of carbonyl (C=O) groups excluding carboxylic acids is 2. The van der Waals surface area contributed by atoms with Crippen LogP contribution in [0.2, 0.25) is 0 Å². The van der Waals surface area contributed by atoms with Gasteiger partial charge in [-0.3, -0.25) is 9.59 Å². The number of nitrogens with zero attached hydrogens (tertiary/aromatic N) is 2. The van der Waals surface area contributed by atoms with Gasteiger partial charge in [-0.05, 0) is 42.8 Å². The Kier molecular flexibility index (Phi) is 8.18. The molecular formula is C22H26FN3O5S. The van der Waals surface area contributed by atoms with E-state index in [1.165, 1.54) is 45.6 Å². The zero-order valence-electron chi connectivity index (χ0n) is 17.6. The van der Waals surface area contributed by atoms with Crippen LogP contribution in [0.4, 0.5) is 4.39 Å². The van der Waals surface area contributed by atoms with Crippen molar-refractivity contribution >= 4 is 21.8 Å². The number of ether oxygens (including phenoxy) is 1. The van der Waals surface area contributed by atoms with E-state index in [9.17, 15) is 22.4 Å². The summed E-state index contributed by atoms with van der Waals surface area (Å²) >= 11 is 0. The smallest absolute Gasteiger partial charge is 0.260 e. The van der Waals surface area contributed by atoms with Crippen LogP contribution in [0.3, 0.4) is 0 Å². The molecule has 0 unspecified atom stereocenters. The molecule has 0 aliphatic carbocycles. The first-order chi connectivity index (χ1) is 15.4. The van der Waals surface area contributed by atoms with Gasteiger partial charge in [0.1, 0.15) is 11.6 Å². The van der Waals surface area contributed by atoms with Crippen molar-refractivity contribution in [3.63, 3.8) is 0 Å². The van der Waals surface area contributed by atoms with Gasteiger partial charge in [-0.2, -0.15) is 4.31 Å². The molecule has 1 heterocycles. The molecule has 2 amide bonds. The maximum absolute atomic E-state index is 13.0. The Morgan fingerprint density at radius 2 is 1.72 bits per heavy atom. The van der Waals surface area contributed by atoms with Gasteiger partial charge in [-0.25, -0.2) is 12.8 Å². The lowest BCUT2D eigenvalue weighted by Gasteiger charge is -2.25. The molecule has 32 heavy (non-hydrogen) atoms. The lowest BCUT2D eigenvalue weighted by molar-refractivity contribution is -0.133. The fourth-order valence-corrected chi connectivity index (χ4v) is 4.81. The highest BCUT2D eigenvalue weighted by atomic mass is 32.2. The van der Waals surface area contributed by atoms with E-state index >= 15 is 0 Å². The third kappa shape index (κ3) is 6.51. The monoisotopic (exact) mass is 463 g/mol. The molecule has 1 aliphatic heterocycles. The Morgan fingerprint density at radius 3 is 2.44 bits per heavy atom. The van der Waals surface area contributed by atoms with Crippen LogP contribution < -0.4 is 10.1 Å². The van der Waals surface area contributed by atoms with E-state index in [2.05, 4.69) is 5.32 Å². The second-order valence-corrected chi connectivity index (χ2v) is 9.23. The lowest BCUT2D eigenvalue weighted by atomic mass is 10.3. The maximum Gasteiger partial charge on any atom is 0.260 e. The van der Waals surface area contributed by atoms with Crippen molar-refractivity contribution in [1.82, 2.24) is 14.5 Å². The van der Waals surface area contributed by atoms with Gasteiger partial charge in [0.05, 0.1) is 4.90 Å². The highest BCUT2D eigenvalue weighted by Gasteiger charge is 2.26. The average molecular weight is 464 g/mol. The summed E-state index contributed by atoms with van der Waals surface area (Å²) in [4.78, 5) is 26.5. The summed E-state index contributed by atoms with van der Waals surface area (Å²) < 4.78 is 45.7. The molecule has 0 spiro atoms. The van der Waals surface area contributed by atoms with E-state index in [1.807, 2.05) is 0 Å². The van der Waals surface area contributed by atoms with Gasteiger partial charge in [-0.15, -0.1) is 0 Å². The fourth-order valence-electron chi connectivity index (χ4n) is 3.30. The molecule has 172 valence electrons. The Labute approximate surface area is 187 Å². The zero-order valence-corrected chi connectivity index (χ0v) is 18.4. The average Bonchev–Trinajstić information content (AvgIpc) is 2.83. The molecule has 0 radical (unpaired) electrons. The molecule has 1 aliphatic rings. The van der Waals surface area contributed by atoms with Gasteiger partial charge in [0.2, 0.25) is 15.9 Å². The molecule has 1 N–H and O–H groups in total. The van der Waals surface area contributed by atoms with Crippen molar-refractivity contribution in [1.29, 1.82) is 0 Å². The van der Waals surface area contributed by atoms with E-state index in [-0.39, 0.29) is 55.9 Å². The number of sulfonamides is 1. The van der Waals surface area contributed by atoms with Gasteiger partial charge in [-0.1, -0.05) is 18.2 Å². The van der Waals surface area contributed by atoms with Gasteiger partial charge in [0, 0.05) is 39.1 Å². The second kappa shape index (κ2) is 11.1. The molecular weight excluding hydrogens is 437 g/mol. The number of amides is 2. The second-order valence-electron chi connectivity index (χ2n) is 7.29. The predicted molar refractivity (Wildman–Crippen MR) is 116 cm³/mol. The third-order valence-corrected chi connectivity index (χ3v) is 6.95. The summed E-state index contributed by atoms with van der Waals surface area (Å²) in [6.45, 7) is 0.834. The molecule has 1 fully saturated rings. The molecule has 0 bridgehead atoms. The molecule has 8 nitrogen and oxygen atoms in total. The molecule has 3 rings (SSSR count). The van der Waals surface area contributed by atoms with Gasteiger partial charge < -0.3 is 15.0 Å². The van der Waals surface area contributed by atoms with Crippen LogP contribution in [0, 0.1) is 5.82 Å². The zero-order chi connectivity index (χ0) is 23.0. The van der Waals surface area contributed by atoms with Crippen molar-refractivity contribution in [3.8, 4) is 5.75 Å². The van der Waals surface area contributed by atoms with Gasteiger partial charge in [0.25, 0.3) is 5.91 Å².